The summed E-state index contributed by atoms with van der Waals surface area (Å²) < 4.78 is 24.8. The van der Waals surface area contributed by atoms with Gasteiger partial charge in [-0.25, -0.2) is 9.18 Å². The summed E-state index contributed by atoms with van der Waals surface area (Å²) >= 11 is 0. The fourth-order valence-electron chi connectivity index (χ4n) is 2.34. The second kappa shape index (κ2) is 8.15. The Morgan fingerprint density at radius 1 is 1.20 bits per heavy atom. The first-order valence-corrected chi connectivity index (χ1v) is 8.74. The molecule has 0 saturated heterocycles. The minimum Gasteiger partial charge on any atom is -0.447 e. The number of amides is 2. The lowest BCUT2D eigenvalue weighted by atomic mass is 9.93. The van der Waals surface area contributed by atoms with Crippen molar-refractivity contribution in [2.75, 3.05) is 10.6 Å². The monoisotopic (exact) mass is 415 g/mol. The Kier molecular flexibility index (Phi) is 5.63. The molecule has 2 N–H and O–H groups in total. The molecule has 156 valence electrons. The number of ether oxygens (including phenoxy) is 1. The lowest BCUT2D eigenvalue weighted by Gasteiger charge is -2.12. The molecule has 0 aliphatic rings. The number of halogens is 1. The number of carbonyl (C=O) groups is 1. The van der Waals surface area contributed by atoms with E-state index in [9.17, 15) is 19.3 Å². The quantitative estimate of drug-likeness (QED) is 0.449. The van der Waals surface area contributed by atoms with Gasteiger partial charge in [0, 0.05) is 35.5 Å². The van der Waals surface area contributed by atoms with Crippen molar-refractivity contribution >= 4 is 23.2 Å². The molecule has 1 aromatic carbocycles. The van der Waals surface area contributed by atoms with Gasteiger partial charge in [-0.3, -0.25) is 20.4 Å². The van der Waals surface area contributed by atoms with Crippen LogP contribution < -0.4 is 15.4 Å². The van der Waals surface area contributed by atoms with E-state index in [1.165, 1.54) is 24.4 Å². The molecule has 10 nitrogen and oxygen atoms in total. The zero-order chi connectivity index (χ0) is 21.9. The van der Waals surface area contributed by atoms with E-state index in [1.807, 2.05) is 20.8 Å². The number of hydrogen-bond donors (Lipinski definition) is 2. The van der Waals surface area contributed by atoms with E-state index in [0.29, 0.717) is 5.76 Å². The minimum absolute atomic E-state index is 0.140. The summed E-state index contributed by atoms with van der Waals surface area (Å²) in [7, 11) is 0. The zero-order valence-electron chi connectivity index (χ0n) is 16.3. The molecule has 0 spiro atoms. The molecule has 30 heavy (non-hydrogen) atoms. The molecule has 0 saturated carbocycles. The second-order valence-electron chi connectivity index (χ2n) is 7.25. The van der Waals surface area contributed by atoms with Gasteiger partial charge in [-0.1, -0.05) is 25.9 Å². The molecule has 0 aliphatic heterocycles. The smallest absolute Gasteiger partial charge is 0.329 e. The number of hydrogen-bond acceptors (Lipinski definition) is 7. The summed E-state index contributed by atoms with van der Waals surface area (Å²) in [6.45, 7) is 5.80. The van der Waals surface area contributed by atoms with Gasteiger partial charge < -0.3 is 14.6 Å². The highest BCUT2D eigenvalue weighted by atomic mass is 19.1. The summed E-state index contributed by atoms with van der Waals surface area (Å²) in [5, 5.41) is 19.7. The van der Waals surface area contributed by atoms with Crippen molar-refractivity contribution in [3.8, 4) is 11.5 Å². The zero-order valence-corrected chi connectivity index (χ0v) is 16.3. The summed E-state index contributed by atoms with van der Waals surface area (Å²) in [5.74, 6) is -0.427. The van der Waals surface area contributed by atoms with Crippen molar-refractivity contribution in [2.24, 2.45) is 0 Å². The molecule has 0 atom stereocenters. The van der Waals surface area contributed by atoms with Crippen molar-refractivity contribution in [1.29, 1.82) is 0 Å². The maximum Gasteiger partial charge on any atom is 0.329 e. The van der Waals surface area contributed by atoms with Crippen molar-refractivity contribution in [2.45, 2.75) is 26.2 Å². The lowest BCUT2D eigenvalue weighted by molar-refractivity contribution is -0.386. The number of nitro groups is 1. The number of benzene rings is 1. The Bertz CT molecular complexity index is 1090. The summed E-state index contributed by atoms with van der Waals surface area (Å²) in [6.07, 6.45) is 2.29. The standard InChI is InChI=1S/C19H18FN5O5/c1-19(2,3)16-9-17(24-30-16)23-18(26)22-11-4-5-14(12(20)8-11)29-15-6-7-21-10-13(15)25(27)28/h4-10H,1-3H3,(H2,22,23,24,26). The summed E-state index contributed by atoms with van der Waals surface area (Å²) in [6, 6.07) is 5.84. The summed E-state index contributed by atoms with van der Waals surface area (Å²) in [5.41, 5.74) is -0.534. The number of aromatic nitrogens is 2. The van der Waals surface area contributed by atoms with Gasteiger partial charge in [-0.05, 0) is 12.1 Å². The van der Waals surface area contributed by atoms with Crippen molar-refractivity contribution in [3.63, 3.8) is 0 Å². The first-order valence-electron chi connectivity index (χ1n) is 8.74. The number of rotatable bonds is 5. The van der Waals surface area contributed by atoms with E-state index in [2.05, 4.69) is 20.8 Å². The average Bonchev–Trinajstić information content (AvgIpc) is 3.13. The third-order valence-electron chi connectivity index (χ3n) is 3.86. The second-order valence-corrected chi connectivity index (χ2v) is 7.25. The third kappa shape index (κ3) is 4.87. The Morgan fingerprint density at radius 2 is 1.97 bits per heavy atom. The minimum atomic E-state index is -0.824. The maximum atomic E-state index is 14.4. The van der Waals surface area contributed by atoms with Crippen LogP contribution in [-0.2, 0) is 5.41 Å². The molecule has 2 aromatic heterocycles. The number of nitrogens with one attached hydrogen (secondary N) is 2. The predicted molar refractivity (Wildman–Crippen MR) is 105 cm³/mol. The Hall–Kier alpha value is -4.02. The first-order chi connectivity index (χ1) is 14.1. The molecule has 3 aromatic rings. The normalized spacial score (nSPS) is 11.1. The molecule has 2 heterocycles. The molecular weight excluding hydrogens is 397 g/mol. The van der Waals surface area contributed by atoms with Crippen LogP contribution in [0.25, 0.3) is 0 Å². The van der Waals surface area contributed by atoms with E-state index in [4.69, 9.17) is 9.26 Å². The Labute approximate surface area is 170 Å². The van der Waals surface area contributed by atoms with Gasteiger partial charge in [0.25, 0.3) is 0 Å². The molecule has 0 aliphatic carbocycles. The van der Waals surface area contributed by atoms with Crippen molar-refractivity contribution < 1.29 is 23.4 Å². The van der Waals surface area contributed by atoms with Crippen LogP contribution in [0.2, 0.25) is 0 Å². The van der Waals surface area contributed by atoms with Crippen LogP contribution in [0, 0.1) is 15.9 Å². The number of anilines is 2. The van der Waals surface area contributed by atoms with Gasteiger partial charge in [-0.15, -0.1) is 0 Å². The maximum absolute atomic E-state index is 14.4. The molecule has 2 amide bonds. The highest BCUT2D eigenvalue weighted by Gasteiger charge is 2.21. The predicted octanol–water partition coefficient (Wildman–Crippen LogP) is 4.85. The molecule has 0 bridgehead atoms. The number of carbonyl (C=O) groups excluding carboxylic acids is 1. The average molecular weight is 415 g/mol. The van der Waals surface area contributed by atoms with Gasteiger partial charge in [0.2, 0.25) is 5.75 Å². The van der Waals surface area contributed by atoms with E-state index in [-0.39, 0.29) is 28.4 Å². The van der Waals surface area contributed by atoms with Crippen LogP contribution >= 0.6 is 0 Å². The van der Waals surface area contributed by atoms with Gasteiger partial charge in [0.15, 0.2) is 17.4 Å². The first kappa shape index (κ1) is 20.7. The summed E-state index contributed by atoms with van der Waals surface area (Å²) in [4.78, 5) is 26.1. The van der Waals surface area contributed by atoms with E-state index in [0.717, 1.165) is 12.3 Å². The van der Waals surface area contributed by atoms with Crippen molar-refractivity contribution in [1.82, 2.24) is 10.1 Å². The number of nitrogens with zero attached hydrogens (tertiary/aromatic N) is 3. The van der Waals surface area contributed by atoms with Gasteiger partial charge in [-0.2, -0.15) is 0 Å². The molecular formula is C19H18FN5O5. The van der Waals surface area contributed by atoms with Crippen LogP contribution in [0.1, 0.15) is 26.5 Å². The molecule has 3 rings (SSSR count). The highest BCUT2D eigenvalue weighted by molar-refractivity contribution is 5.99. The molecule has 11 heteroatoms. The van der Waals surface area contributed by atoms with Crippen LogP contribution in [0.15, 0.2) is 47.2 Å². The Balaban J connectivity index is 1.67. The van der Waals surface area contributed by atoms with Crippen LogP contribution in [-0.4, -0.2) is 21.1 Å². The Morgan fingerprint density at radius 3 is 2.60 bits per heavy atom. The van der Waals surface area contributed by atoms with E-state index in [1.54, 1.807) is 6.07 Å². The lowest BCUT2D eigenvalue weighted by Crippen LogP contribution is -2.19. The van der Waals surface area contributed by atoms with Crippen LogP contribution in [0.5, 0.6) is 11.5 Å². The molecule has 0 fully saturated rings. The fraction of sp³-hybridized carbons (Fsp3) is 0.211. The van der Waals surface area contributed by atoms with E-state index >= 15 is 0 Å². The number of urea groups is 1. The van der Waals surface area contributed by atoms with E-state index < -0.39 is 22.5 Å². The fourth-order valence-corrected chi connectivity index (χ4v) is 2.34. The largest absolute Gasteiger partial charge is 0.447 e. The highest BCUT2D eigenvalue weighted by Crippen LogP contribution is 2.32. The number of pyridine rings is 1. The third-order valence-corrected chi connectivity index (χ3v) is 3.86. The van der Waals surface area contributed by atoms with Crippen LogP contribution in [0.4, 0.5) is 26.4 Å². The molecule has 0 radical (unpaired) electrons. The van der Waals surface area contributed by atoms with Crippen molar-refractivity contribution in [3.05, 3.63) is 64.4 Å². The van der Waals surface area contributed by atoms with Gasteiger partial charge in [0.05, 0.1) is 4.92 Å². The SMILES string of the molecule is CC(C)(C)c1cc(NC(=O)Nc2ccc(Oc3ccncc3[N+](=O)[O-])c(F)c2)no1. The topological polar surface area (TPSA) is 132 Å². The van der Waals surface area contributed by atoms with Gasteiger partial charge in [0.1, 0.15) is 12.0 Å². The molecule has 0 unspecified atom stereocenters. The van der Waals surface area contributed by atoms with Crippen LogP contribution in [0.3, 0.4) is 0 Å². The van der Waals surface area contributed by atoms with Gasteiger partial charge >= 0.3 is 11.7 Å².